The Hall–Kier alpha value is -2.56. The molecule has 2 aromatic rings. The third kappa shape index (κ3) is 3.31. The summed E-state index contributed by atoms with van der Waals surface area (Å²) in [7, 11) is 0. The molecule has 21 heavy (non-hydrogen) atoms. The van der Waals surface area contributed by atoms with E-state index >= 15 is 0 Å². The minimum Gasteiger partial charge on any atom is -0.476 e. The first-order valence-corrected chi connectivity index (χ1v) is 6.35. The van der Waals surface area contributed by atoms with Crippen LogP contribution in [0, 0.1) is 10.1 Å². The van der Waals surface area contributed by atoms with E-state index in [1.165, 1.54) is 10.9 Å². The van der Waals surface area contributed by atoms with Gasteiger partial charge in [0.15, 0.2) is 5.69 Å². The Kier molecular flexibility index (Phi) is 4.12. The number of nitrogens with zero attached hydrogens (tertiary/aromatic N) is 5. The smallest absolute Gasteiger partial charge is 0.358 e. The maximum Gasteiger partial charge on any atom is 0.358 e. The van der Waals surface area contributed by atoms with Crippen molar-refractivity contribution in [3.63, 3.8) is 0 Å². The summed E-state index contributed by atoms with van der Waals surface area (Å²) in [4.78, 5) is 32.6. The number of aryl methyl sites for hydroxylation is 2. The lowest BCUT2D eigenvalue weighted by atomic mass is 10.4. The SMILES string of the molecule is O=C(O)c1cn(CCn2cc([N+](=O)[O-])cc(Br)c2=O)nn1. The van der Waals surface area contributed by atoms with Crippen molar-refractivity contribution >= 4 is 27.6 Å². The van der Waals surface area contributed by atoms with Crippen LogP contribution in [0.25, 0.3) is 0 Å². The number of hydrogen-bond donors (Lipinski definition) is 1. The normalized spacial score (nSPS) is 10.5. The van der Waals surface area contributed by atoms with Crippen LogP contribution < -0.4 is 5.56 Å². The first kappa shape index (κ1) is 14.8. The number of nitro groups is 1. The van der Waals surface area contributed by atoms with Gasteiger partial charge in [0.05, 0.1) is 28.3 Å². The van der Waals surface area contributed by atoms with Gasteiger partial charge in [0.1, 0.15) is 0 Å². The second-order valence-electron chi connectivity index (χ2n) is 3.97. The zero-order chi connectivity index (χ0) is 15.6. The molecule has 0 unspecified atom stereocenters. The van der Waals surface area contributed by atoms with Crippen LogP contribution in [0.3, 0.4) is 0 Å². The van der Waals surface area contributed by atoms with Crippen LogP contribution in [0.5, 0.6) is 0 Å². The minimum atomic E-state index is -1.21. The summed E-state index contributed by atoms with van der Waals surface area (Å²) in [6.45, 7) is 0.231. The lowest BCUT2D eigenvalue weighted by Crippen LogP contribution is -2.23. The van der Waals surface area contributed by atoms with Crippen LogP contribution in [0.1, 0.15) is 10.5 Å². The Bertz CT molecular complexity index is 767. The number of carbonyl (C=O) groups is 1. The van der Waals surface area contributed by atoms with E-state index in [4.69, 9.17) is 5.11 Å². The molecule has 1 N–H and O–H groups in total. The fourth-order valence-electron chi connectivity index (χ4n) is 1.57. The minimum absolute atomic E-state index is 0.0708. The molecule has 0 amide bonds. The topological polar surface area (TPSA) is 133 Å². The summed E-state index contributed by atoms with van der Waals surface area (Å²) >= 11 is 2.96. The Labute approximate surface area is 124 Å². The highest BCUT2D eigenvalue weighted by atomic mass is 79.9. The number of hydrogen-bond acceptors (Lipinski definition) is 6. The molecule has 0 radical (unpaired) electrons. The van der Waals surface area contributed by atoms with Gasteiger partial charge in [-0.25, -0.2) is 9.48 Å². The van der Waals surface area contributed by atoms with Gasteiger partial charge in [0.2, 0.25) is 0 Å². The molecule has 0 aromatic carbocycles. The van der Waals surface area contributed by atoms with E-state index in [2.05, 4.69) is 26.2 Å². The number of pyridine rings is 1. The van der Waals surface area contributed by atoms with Crippen LogP contribution in [0.2, 0.25) is 0 Å². The summed E-state index contributed by atoms with van der Waals surface area (Å²) in [6, 6.07) is 1.12. The molecule has 0 saturated carbocycles. The zero-order valence-corrected chi connectivity index (χ0v) is 11.9. The molecule has 0 fully saturated rings. The van der Waals surface area contributed by atoms with Crippen molar-refractivity contribution in [2.24, 2.45) is 0 Å². The second kappa shape index (κ2) is 5.83. The van der Waals surface area contributed by atoms with Gasteiger partial charge in [-0.05, 0) is 15.9 Å². The number of rotatable bonds is 5. The number of halogens is 1. The summed E-state index contributed by atoms with van der Waals surface area (Å²) in [6.07, 6.45) is 2.32. The molecule has 0 bridgehead atoms. The lowest BCUT2D eigenvalue weighted by molar-refractivity contribution is -0.385. The van der Waals surface area contributed by atoms with E-state index in [1.54, 1.807) is 0 Å². The van der Waals surface area contributed by atoms with Crippen molar-refractivity contribution in [1.82, 2.24) is 19.6 Å². The van der Waals surface area contributed by atoms with E-state index in [0.717, 1.165) is 16.8 Å². The summed E-state index contributed by atoms with van der Waals surface area (Å²) < 4.78 is 2.45. The molecule has 0 aliphatic carbocycles. The van der Waals surface area contributed by atoms with Gasteiger partial charge >= 0.3 is 5.97 Å². The van der Waals surface area contributed by atoms with Crippen LogP contribution in [-0.4, -0.2) is 35.6 Å². The molecule has 110 valence electrons. The molecule has 0 aliphatic rings. The molecule has 0 saturated heterocycles. The number of carboxylic acid groups (broad SMARTS) is 1. The molecule has 11 heteroatoms. The predicted molar refractivity (Wildman–Crippen MR) is 72.0 cm³/mol. The number of aromatic carboxylic acids is 1. The quantitative estimate of drug-likeness (QED) is 0.608. The Morgan fingerprint density at radius 3 is 2.71 bits per heavy atom. The summed E-state index contributed by atoms with van der Waals surface area (Å²) in [5.74, 6) is -1.21. The Morgan fingerprint density at radius 1 is 1.43 bits per heavy atom. The fraction of sp³-hybridized carbons (Fsp3) is 0.200. The van der Waals surface area contributed by atoms with Crippen LogP contribution in [-0.2, 0) is 13.1 Å². The van der Waals surface area contributed by atoms with Crippen LogP contribution in [0.4, 0.5) is 5.69 Å². The van der Waals surface area contributed by atoms with Crippen molar-refractivity contribution in [2.75, 3.05) is 0 Å². The Balaban J connectivity index is 2.21. The third-order valence-electron chi connectivity index (χ3n) is 2.57. The summed E-state index contributed by atoms with van der Waals surface area (Å²) in [5.41, 5.74) is -0.881. The molecule has 0 spiro atoms. The van der Waals surface area contributed by atoms with Crippen LogP contribution in [0.15, 0.2) is 27.7 Å². The highest BCUT2D eigenvalue weighted by Gasteiger charge is 2.13. The fourth-order valence-corrected chi connectivity index (χ4v) is 2.03. The molecule has 10 nitrogen and oxygen atoms in total. The van der Waals surface area contributed by atoms with Gasteiger partial charge in [-0.15, -0.1) is 5.10 Å². The highest BCUT2D eigenvalue weighted by molar-refractivity contribution is 9.10. The molecular formula is C10H8BrN5O5. The standard InChI is InChI=1S/C10H8BrN5O5/c11-7-3-6(16(20)21)4-14(9(7)17)1-2-15-5-8(10(18)19)12-13-15/h3-5H,1-2H2,(H,18,19). The van der Waals surface area contributed by atoms with Crippen molar-refractivity contribution in [1.29, 1.82) is 0 Å². The van der Waals surface area contributed by atoms with Gasteiger partial charge in [0.25, 0.3) is 11.2 Å². The molecule has 2 rings (SSSR count). The van der Waals surface area contributed by atoms with Gasteiger partial charge in [-0.1, -0.05) is 5.21 Å². The van der Waals surface area contributed by atoms with Crippen LogP contribution >= 0.6 is 15.9 Å². The first-order valence-electron chi connectivity index (χ1n) is 5.56. The maximum absolute atomic E-state index is 11.8. The van der Waals surface area contributed by atoms with Crippen molar-refractivity contribution in [2.45, 2.75) is 13.1 Å². The van der Waals surface area contributed by atoms with Gasteiger partial charge < -0.3 is 9.67 Å². The third-order valence-corrected chi connectivity index (χ3v) is 3.13. The monoisotopic (exact) mass is 357 g/mol. The molecule has 0 aliphatic heterocycles. The number of aromatic nitrogens is 4. The van der Waals surface area contributed by atoms with Crippen molar-refractivity contribution in [3.8, 4) is 0 Å². The zero-order valence-electron chi connectivity index (χ0n) is 10.3. The van der Waals surface area contributed by atoms with Gasteiger partial charge in [-0.2, -0.15) is 0 Å². The number of carboxylic acids is 1. The van der Waals surface area contributed by atoms with E-state index in [9.17, 15) is 19.7 Å². The van der Waals surface area contributed by atoms with E-state index in [0.29, 0.717) is 0 Å². The largest absolute Gasteiger partial charge is 0.476 e. The first-order chi connectivity index (χ1) is 9.88. The average Bonchev–Trinajstić information content (AvgIpc) is 2.89. The van der Waals surface area contributed by atoms with E-state index in [-0.39, 0.29) is 28.9 Å². The molecule has 2 heterocycles. The predicted octanol–water partition coefficient (Wildman–Crippen LogP) is 0.509. The molecular weight excluding hydrogens is 350 g/mol. The van der Waals surface area contributed by atoms with E-state index in [1.807, 2.05) is 0 Å². The van der Waals surface area contributed by atoms with E-state index < -0.39 is 16.5 Å². The van der Waals surface area contributed by atoms with Crippen molar-refractivity contribution < 1.29 is 14.8 Å². The summed E-state index contributed by atoms with van der Waals surface area (Å²) in [5, 5.41) is 26.5. The molecule has 2 aromatic heterocycles. The average molecular weight is 358 g/mol. The van der Waals surface area contributed by atoms with Crippen molar-refractivity contribution in [3.05, 3.63) is 49.1 Å². The lowest BCUT2D eigenvalue weighted by Gasteiger charge is -2.05. The highest BCUT2D eigenvalue weighted by Crippen LogP contribution is 2.14. The molecule has 0 atom stereocenters. The Morgan fingerprint density at radius 2 is 2.14 bits per heavy atom. The van der Waals surface area contributed by atoms with Gasteiger partial charge in [-0.3, -0.25) is 14.9 Å². The van der Waals surface area contributed by atoms with Gasteiger partial charge in [0, 0.05) is 12.6 Å². The maximum atomic E-state index is 11.8. The second-order valence-corrected chi connectivity index (χ2v) is 4.83.